The van der Waals surface area contributed by atoms with Crippen LogP contribution in [-0.4, -0.2) is 34.0 Å². The summed E-state index contributed by atoms with van der Waals surface area (Å²) in [5.74, 6) is -0.425. The lowest BCUT2D eigenvalue weighted by Gasteiger charge is -2.24. The first kappa shape index (κ1) is 25.3. The van der Waals surface area contributed by atoms with E-state index >= 15 is 0 Å². The van der Waals surface area contributed by atoms with Gasteiger partial charge in [0, 0.05) is 30.1 Å². The molecule has 0 bridgehead atoms. The zero-order valence-electron chi connectivity index (χ0n) is 19.4. The molecular formula is C27H22F6N2O2. The van der Waals surface area contributed by atoms with Crippen LogP contribution in [0.15, 0.2) is 60.9 Å². The average molecular weight is 520 g/mol. The third-order valence-corrected chi connectivity index (χ3v) is 6.95. The molecule has 3 aromatic rings. The van der Waals surface area contributed by atoms with Crippen LogP contribution in [0.3, 0.4) is 0 Å². The Hall–Kier alpha value is -3.40. The minimum atomic E-state index is -4.95. The Morgan fingerprint density at radius 1 is 0.973 bits per heavy atom. The second-order valence-electron chi connectivity index (χ2n) is 9.62. The van der Waals surface area contributed by atoms with Crippen LogP contribution < -0.4 is 0 Å². The highest BCUT2D eigenvalue weighted by Gasteiger charge is 2.41. The quantitative estimate of drug-likeness (QED) is 0.406. The molecule has 194 valence electrons. The molecule has 1 saturated heterocycles. The molecule has 0 radical (unpaired) electrons. The molecule has 2 aliphatic rings. The molecule has 2 heterocycles. The van der Waals surface area contributed by atoms with Crippen LogP contribution in [0.2, 0.25) is 0 Å². The van der Waals surface area contributed by atoms with Crippen LogP contribution in [0.1, 0.15) is 57.8 Å². The average Bonchev–Trinajstić information content (AvgIpc) is 3.63. The number of amides is 1. The van der Waals surface area contributed by atoms with E-state index in [1.54, 1.807) is 24.4 Å². The van der Waals surface area contributed by atoms with E-state index < -0.39 is 29.1 Å². The fourth-order valence-electron chi connectivity index (χ4n) is 4.82. The Morgan fingerprint density at radius 2 is 1.65 bits per heavy atom. The fraction of sp³-hybridized carbons (Fsp3) is 0.333. The summed E-state index contributed by atoms with van der Waals surface area (Å²) in [6.07, 6.45) is -5.03. The number of rotatable bonds is 4. The first-order valence-corrected chi connectivity index (χ1v) is 11.7. The van der Waals surface area contributed by atoms with Crippen LogP contribution in [0.4, 0.5) is 26.3 Å². The molecular weight excluding hydrogens is 498 g/mol. The number of pyridine rings is 1. The molecule has 1 atom stereocenters. The van der Waals surface area contributed by atoms with E-state index in [9.17, 15) is 36.2 Å². The normalized spacial score (nSPS) is 20.4. The number of aromatic nitrogens is 1. The van der Waals surface area contributed by atoms with Crippen LogP contribution in [0.25, 0.3) is 11.1 Å². The molecule has 1 aromatic heterocycles. The molecule has 1 N–H and O–H groups in total. The van der Waals surface area contributed by atoms with Crippen LogP contribution >= 0.6 is 0 Å². The summed E-state index contributed by atoms with van der Waals surface area (Å²) in [6, 6.07) is 9.35. The largest absolute Gasteiger partial charge is 0.416 e. The van der Waals surface area contributed by atoms with Crippen molar-refractivity contribution in [2.75, 3.05) is 13.1 Å². The van der Waals surface area contributed by atoms with Gasteiger partial charge >= 0.3 is 12.4 Å². The first-order valence-electron chi connectivity index (χ1n) is 11.7. The highest BCUT2D eigenvalue weighted by molar-refractivity contribution is 5.95. The van der Waals surface area contributed by atoms with Gasteiger partial charge in [-0.25, -0.2) is 0 Å². The third-order valence-electron chi connectivity index (χ3n) is 6.95. The zero-order valence-corrected chi connectivity index (χ0v) is 19.4. The number of hydrogen-bond donors (Lipinski definition) is 1. The van der Waals surface area contributed by atoms with E-state index in [2.05, 4.69) is 4.98 Å². The fourth-order valence-corrected chi connectivity index (χ4v) is 4.82. The molecule has 2 fully saturated rings. The lowest BCUT2D eigenvalue weighted by molar-refractivity contribution is -0.143. The number of carbonyl (C=O) groups is 1. The van der Waals surface area contributed by atoms with Gasteiger partial charge in [0.05, 0.1) is 17.7 Å². The smallest absolute Gasteiger partial charge is 0.383 e. The van der Waals surface area contributed by atoms with Gasteiger partial charge in [-0.3, -0.25) is 9.78 Å². The number of carbonyl (C=O) groups excluding carboxylic acids is 1. The van der Waals surface area contributed by atoms with Gasteiger partial charge in [-0.05, 0) is 78.3 Å². The molecule has 10 heteroatoms. The molecule has 37 heavy (non-hydrogen) atoms. The monoisotopic (exact) mass is 520 g/mol. The number of β-amino-alcohol motifs (C(OH)–C–C–N with tert-alkyl or cyclic N) is 1. The maximum Gasteiger partial charge on any atom is 0.416 e. The SMILES string of the molecule is O=C(c1ccc(-c2cc(C(F)(F)F)cc(C(F)(F)F)c2)c(C2CC2)c1)N1CCC(O)(c2cccnc2)C1. The molecule has 5 rings (SSSR count). The molecule has 1 unspecified atom stereocenters. The lowest BCUT2D eigenvalue weighted by atomic mass is 9.92. The molecule has 2 aromatic carbocycles. The number of halogens is 6. The van der Waals surface area contributed by atoms with Gasteiger partial charge in [0.2, 0.25) is 0 Å². The summed E-state index contributed by atoms with van der Waals surface area (Å²) >= 11 is 0. The van der Waals surface area contributed by atoms with Gasteiger partial charge in [0.15, 0.2) is 0 Å². The van der Waals surface area contributed by atoms with Crippen molar-refractivity contribution in [3.8, 4) is 11.1 Å². The molecule has 1 saturated carbocycles. The Bertz CT molecular complexity index is 1300. The van der Waals surface area contributed by atoms with Gasteiger partial charge in [0.25, 0.3) is 5.91 Å². The van der Waals surface area contributed by atoms with E-state index in [-0.39, 0.29) is 47.7 Å². The minimum Gasteiger partial charge on any atom is -0.383 e. The van der Waals surface area contributed by atoms with Crippen LogP contribution in [0, 0.1) is 0 Å². The maximum atomic E-state index is 13.4. The second kappa shape index (κ2) is 8.86. The number of hydrogen-bond acceptors (Lipinski definition) is 3. The summed E-state index contributed by atoms with van der Waals surface area (Å²) in [5, 5.41) is 11.0. The van der Waals surface area contributed by atoms with Gasteiger partial charge < -0.3 is 10.0 Å². The van der Waals surface area contributed by atoms with Crippen molar-refractivity contribution < 1.29 is 36.2 Å². The zero-order chi connectivity index (χ0) is 26.6. The molecule has 1 amide bonds. The minimum absolute atomic E-state index is 0.0423. The summed E-state index contributed by atoms with van der Waals surface area (Å²) in [6.45, 7) is 0.327. The number of likely N-dealkylation sites (tertiary alicyclic amines) is 1. The van der Waals surface area contributed by atoms with Crippen LogP contribution in [-0.2, 0) is 18.0 Å². The van der Waals surface area contributed by atoms with E-state index in [4.69, 9.17) is 0 Å². The van der Waals surface area contributed by atoms with Gasteiger partial charge in [-0.2, -0.15) is 26.3 Å². The number of nitrogens with zero attached hydrogens (tertiary/aromatic N) is 2. The molecule has 1 aliphatic heterocycles. The molecule has 0 spiro atoms. The molecule has 1 aliphatic carbocycles. The van der Waals surface area contributed by atoms with Crippen molar-refractivity contribution in [3.05, 3.63) is 88.7 Å². The van der Waals surface area contributed by atoms with Crippen molar-refractivity contribution in [3.63, 3.8) is 0 Å². The lowest BCUT2D eigenvalue weighted by Crippen LogP contribution is -2.34. The first-order chi connectivity index (χ1) is 17.3. The van der Waals surface area contributed by atoms with Gasteiger partial charge in [-0.15, -0.1) is 0 Å². The Labute approximate surface area is 208 Å². The number of aliphatic hydroxyl groups is 1. The topological polar surface area (TPSA) is 53.4 Å². The van der Waals surface area contributed by atoms with Gasteiger partial charge in [-0.1, -0.05) is 12.1 Å². The predicted octanol–water partition coefficient (Wildman–Crippen LogP) is 6.40. The predicted molar refractivity (Wildman–Crippen MR) is 123 cm³/mol. The van der Waals surface area contributed by atoms with E-state index in [0.717, 1.165) is 12.8 Å². The van der Waals surface area contributed by atoms with Crippen molar-refractivity contribution in [1.82, 2.24) is 9.88 Å². The summed E-state index contributed by atoms with van der Waals surface area (Å²) in [4.78, 5) is 18.8. The van der Waals surface area contributed by atoms with E-state index in [1.807, 2.05) is 0 Å². The maximum absolute atomic E-state index is 13.4. The number of alkyl halides is 6. The Kier molecular flexibility index (Phi) is 6.05. The van der Waals surface area contributed by atoms with Gasteiger partial charge in [0.1, 0.15) is 5.60 Å². The van der Waals surface area contributed by atoms with E-state index in [1.165, 1.54) is 23.2 Å². The van der Waals surface area contributed by atoms with Crippen molar-refractivity contribution >= 4 is 5.91 Å². The Balaban J connectivity index is 1.49. The van der Waals surface area contributed by atoms with Crippen molar-refractivity contribution in [2.45, 2.75) is 43.1 Å². The third kappa shape index (κ3) is 5.07. The van der Waals surface area contributed by atoms with Crippen molar-refractivity contribution in [2.24, 2.45) is 0 Å². The second-order valence-corrected chi connectivity index (χ2v) is 9.62. The van der Waals surface area contributed by atoms with Crippen molar-refractivity contribution in [1.29, 1.82) is 0 Å². The number of benzene rings is 2. The standard InChI is InChI=1S/C27H22F6N2O2/c28-26(29,30)20-10-18(11-21(13-20)27(31,32)33)22-6-5-17(12-23(22)16-3-4-16)24(36)35-9-7-25(37,15-35)19-2-1-8-34-14-19/h1-2,5-6,8,10-14,16,37H,3-4,7,9,15H2. The summed E-state index contributed by atoms with van der Waals surface area (Å²) in [5.41, 5.74) is -2.58. The highest BCUT2D eigenvalue weighted by atomic mass is 19.4. The highest BCUT2D eigenvalue weighted by Crippen LogP contribution is 2.47. The Morgan fingerprint density at radius 3 is 2.22 bits per heavy atom. The summed E-state index contributed by atoms with van der Waals surface area (Å²) in [7, 11) is 0. The molecule has 4 nitrogen and oxygen atoms in total. The van der Waals surface area contributed by atoms with E-state index in [0.29, 0.717) is 29.7 Å². The summed E-state index contributed by atoms with van der Waals surface area (Å²) < 4.78 is 80.5. The van der Waals surface area contributed by atoms with Crippen LogP contribution in [0.5, 0.6) is 0 Å².